The molecule has 84 valence electrons. The summed E-state index contributed by atoms with van der Waals surface area (Å²) in [5, 5.41) is 0.764. The van der Waals surface area contributed by atoms with Gasteiger partial charge in [0.15, 0.2) is 0 Å². The largest absolute Gasteiger partial charge is 0.0914 e. The summed E-state index contributed by atoms with van der Waals surface area (Å²) in [6.07, 6.45) is 6.48. The van der Waals surface area contributed by atoms with Crippen molar-refractivity contribution < 1.29 is 0 Å². The van der Waals surface area contributed by atoms with Crippen molar-refractivity contribution in [3.05, 3.63) is 34.9 Å². The first kappa shape index (κ1) is 11.6. The predicted octanol–water partition coefficient (Wildman–Crippen LogP) is 4.66. The van der Waals surface area contributed by atoms with E-state index in [1.54, 1.807) is 0 Å². The fraction of sp³-hybridized carbons (Fsp3) is 0.467. The van der Waals surface area contributed by atoms with Crippen LogP contribution in [0.4, 0.5) is 0 Å². The van der Waals surface area contributed by atoms with Gasteiger partial charge in [-0.25, -0.2) is 0 Å². The third-order valence-corrected chi connectivity index (χ3v) is 3.53. The number of benzene rings is 1. The summed E-state index contributed by atoms with van der Waals surface area (Å²) in [4.78, 5) is 0. The molecule has 2 rings (SSSR count). The van der Waals surface area contributed by atoms with Gasteiger partial charge in [-0.05, 0) is 38.0 Å². The van der Waals surface area contributed by atoms with Crippen LogP contribution in [0.1, 0.15) is 44.6 Å². The lowest BCUT2D eigenvalue weighted by Gasteiger charge is -2.27. The van der Waals surface area contributed by atoms with Crippen LogP contribution in [0.5, 0.6) is 0 Å². The Morgan fingerprint density at radius 1 is 1.19 bits per heavy atom. The second kappa shape index (κ2) is 4.93. The molecule has 1 aliphatic rings. The second-order valence-corrected chi connectivity index (χ2v) is 5.32. The van der Waals surface area contributed by atoms with E-state index in [0.29, 0.717) is 0 Å². The molecule has 0 atom stereocenters. The molecule has 1 saturated carbocycles. The molecule has 0 amide bonds. The van der Waals surface area contributed by atoms with Gasteiger partial charge in [-0.1, -0.05) is 48.8 Å². The van der Waals surface area contributed by atoms with Crippen molar-refractivity contribution in [2.24, 2.45) is 5.41 Å². The van der Waals surface area contributed by atoms with Crippen LogP contribution in [0.2, 0.25) is 5.02 Å². The van der Waals surface area contributed by atoms with Gasteiger partial charge in [-0.3, -0.25) is 0 Å². The zero-order valence-corrected chi connectivity index (χ0v) is 10.5. The Morgan fingerprint density at radius 2 is 1.94 bits per heavy atom. The van der Waals surface area contributed by atoms with Gasteiger partial charge in [0.1, 0.15) is 0 Å². The topological polar surface area (TPSA) is 0 Å². The average molecular weight is 233 g/mol. The standard InChI is InChI=1S/C15H17Cl/c1-15(9-3-2-4-10-15)11-8-13-6-5-7-14(16)12-13/h5-7,12H,2-4,9-10H2,1H3. The SMILES string of the molecule is CC1(C#Cc2cccc(Cl)c2)CCCCC1. The Morgan fingerprint density at radius 3 is 2.62 bits per heavy atom. The fourth-order valence-corrected chi connectivity index (χ4v) is 2.44. The lowest BCUT2D eigenvalue weighted by Crippen LogP contribution is -2.17. The van der Waals surface area contributed by atoms with Gasteiger partial charge in [0.05, 0.1) is 0 Å². The van der Waals surface area contributed by atoms with E-state index in [0.717, 1.165) is 10.6 Å². The summed E-state index contributed by atoms with van der Waals surface area (Å²) >= 11 is 5.93. The Labute approximate surface area is 103 Å². The average Bonchev–Trinajstić information content (AvgIpc) is 2.28. The normalized spacial score (nSPS) is 18.6. The van der Waals surface area contributed by atoms with Crippen molar-refractivity contribution in [1.82, 2.24) is 0 Å². The molecule has 0 spiro atoms. The molecular weight excluding hydrogens is 216 g/mol. The molecule has 1 aromatic carbocycles. The van der Waals surface area contributed by atoms with Gasteiger partial charge >= 0.3 is 0 Å². The van der Waals surface area contributed by atoms with E-state index < -0.39 is 0 Å². The van der Waals surface area contributed by atoms with E-state index in [1.165, 1.54) is 32.1 Å². The Kier molecular flexibility index (Phi) is 3.56. The Balaban J connectivity index is 2.14. The summed E-state index contributed by atoms with van der Waals surface area (Å²) in [5.74, 6) is 6.69. The van der Waals surface area contributed by atoms with Crippen LogP contribution in [0.25, 0.3) is 0 Å². The third kappa shape index (κ3) is 3.03. The smallest absolute Gasteiger partial charge is 0.0418 e. The highest BCUT2D eigenvalue weighted by atomic mass is 35.5. The van der Waals surface area contributed by atoms with E-state index in [1.807, 2.05) is 24.3 Å². The highest BCUT2D eigenvalue weighted by Crippen LogP contribution is 2.34. The van der Waals surface area contributed by atoms with Gasteiger partial charge < -0.3 is 0 Å². The van der Waals surface area contributed by atoms with E-state index in [4.69, 9.17) is 11.6 Å². The summed E-state index contributed by atoms with van der Waals surface area (Å²) in [7, 11) is 0. The number of halogens is 1. The molecule has 0 N–H and O–H groups in total. The first-order valence-electron chi connectivity index (χ1n) is 5.97. The first-order valence-corrected chi connectivity index (χ1v) is 6.35. The van der Waals surface area contributed by atoms with Gasteiger partial charge in [0.2, 0.25) is 0 Å². The maximum Gasteiger partial charge on any atom is 0.0418 e. The molecular formula is C15H17Cl. The second-order valence-electron chi connectivity index (χ2n) is 4.88. The van der Waals surface area contributed by atoms with E-state index >= 15 is 0 Å². The van der Waals surface area contributed by atoms with Gasteiger partial charge in [-0.2, -0.15) is 0 Å². The third-order valence-electron chi connectivity index (χ3n) is 3.29. The molecule has 1 aliphatic carbocycles. The Hall–Kier alpha value is -0.930. The van der Waals surface area contributed by atoms with Gasteiger partial charge in [-0.15, -0.1) is 0 Å². The molecule has 0 heterocycles. The molecule has 0 aliphatic heterocycles. The van der Waals surface area contributed by atoms with Crippen molar-refractivity contribution in [3.63, 3.8) is 0 Å². The molecule has 0 nitrogen and oxygen atoms in total. The van der Waals surface area contributed by atoms with E-state index in [9.17, 15) is 0 Å². The van der Waals surface area contributed by atoms with Crippen LogP contribution < -0.4 is 0 Å². The Bertz CT molecular complexity index is 417. The fourth-order valence-electron chi connectivity index (χ4n) is 2.25. The molecule has 0 aromatic heterocycles. The van der Waals surface area contributed by atoms with Crippen LogP contribution in [0.3, 0.4) is 0 Å². The van der Waals surface area contributed by atoms with Crippen LogP contribution in [0, 0.1) is 17.3 Å². The molecule has 0 radical (unpaired) electrons. The molecule has 1 heteroatoms. The minimum Gasteiger partial charge on any atom is -0.0914 e. The summed E-state index contributed by atoms with van der Waals surface area (Å²) in [6, 6.07) is 7.79. The highest BCUT2D eigenvalue weighted by molar-refractivity contribution is 6.30. The van der Waals surface area contributed by atoms with Gasteiger partial charge in [0, 0.05) is 16.0 Å². The summed E-state index contributed by atoms with van der Waals surface area (Å²) in [5.41, 5.74) is 1.25. The lowest BCUT2D eigenvalue weighted by atomic mass is 9.76. The molecule has 0 saturated heterocycles. The predicted molar refractivity (Wildman–Crippen MR) is 69.5 cm³/mol. The number of rotatable bonds is 0. The highest BCUT2D eigenvalue weighted by Gasteiger charge is 2.23. The molecule has 16 heavy (non-hydrogen) atoms. The molecule has 0 bridgehead atoms. The maximum absolute atomic E-state index is 5.93. The molecule has 0 unspecified atom stereocenters. The summed E-state index contributed by atoms with van der Waals surface area (Å²) in [6.45, 7) is 2.28. The summed E-state index contributed by atoms with van der Waals surface area (Å²) < 4.78 is 0. The zero-order valence-electron chi connectivity index (χ0n) is 9.72. The van der Waals surface area contributed by atoms with Crippen LogP contribution in [-0.2, 0) is 0 Å². The van der Waals surface area contributed by atoms with Crippen LogP contribution >= 0.6 is 11.6 Å². The van der Waals surface area contributed by atoms with Crippen molar-refractivity contribution in [1.29, 1.82) is 0 Å². The maximum atomic E-state index is 5.93. The van der Waals surface area contributed by atoms with Gasteiger partial charge in [0.25, 0.3) is 0 Å². The monoisotopic (exact) mass is 232 g/mol. The minimum absolute atomic E-state index is 0.223. The van der Waals surface area contributed by atoms with E-state index in [2.05, 4.69) is 18.8 Å². The van der Waals surface area contributed by atoms with Crippen LogP contribution in [-0.4, -0.2) is 0 Å². The van der Waals surface area contributed by atoms with Crippen molar-refractivity contribution in [2.75, 3.05) is 0 Å². The quantitative estimate of drug-likeness (QED) is 0.571. The number of hydrogen-bond acceptors (Lipinski definition) is 0. The van der Waals surface area contributed by atoms with Crippen molar-refractivity contribution in [2.45, 2.75) is 39.0 Å². The lowest BCUT2D eigenvalue weighted by molar-refractivity contribution is 0.299. The van der Waals surface area contributed by atoms with Crippen molar-refractivity contribution in [3.8, 4) is 11.8 Å². The number of hydrogen-bond donors (Lipinski definition) is 0. The van der Waals surface area contributed by atoms with Crippen LogP contribution in [0.15, 0.2) is 24.3 Å². The minimum atomic E-state index is 0.223. The van der Waals surface area contributed by atoms with Crippen molar-refractivity contribution >= 4 is 11.6 Å². The molecule has 1 aromatic rings. The first-order chi connectivity index (χ1) is 7.68. The zero-order chi connectivity index (χ0) is 11.4. The molecule has 1 fully saturated rings. The van der Waals surface area contributed by atoms with E-state index in [-0.39, 0.29) is 5.41 Å².